The van der Waals surface area contributed by atoms with Gasteiger partial charge in [0.05, 0.1) is 19.3 Å². The van der Waals surface area contributed by atoms with Crippen LogP contribution in [0.5, 0.6) is 0 Å². The third-order valence-electron chi connectivity index (χ3n) is 6.75. The molecule has 2 aliphatic heterocycles. The van der Waals surface area contributed by atoms with Gasteiger partial charge in [-0.25, -0.2) is 0 Å². The van der Waals surface area contributed by atoms with Gasteiger partial charge in [-0.3, -0.25) is 9.69 Å². The highest BCUT2D eigenvalue weighted by Crippen LogP contribution is 2.39. The van der Waals surface area contributed by atoms with Gasteiger partial charge in [0.2, 0.25) is 5.91 Å². The van der Waals surface area contributed by atoms with Crippen molar-refractivity contribution in [2.24, 2.45) is 11.1 Å². The number of benzene rings is 2. The molecule has 5 heteroatoms. The fourth-order valence-electron chi connectivity index (χ4n) is 4.84. The topological polar surface area (TPSA) is 58.8 Å². The molecule has 2 aromatic carbocycles. The first-order valence-electron chi connectivity index (χ1n) is 11.1. The van der Waals surface area contributed by atoms with Crippen LogP contribution in [-0.4, -0.2) is 61.1 Å². The summed E-state index contributed by atoms with van der Waals surface area (Å²) in [5.41, 5.74) is 9.15. The van der Waals surface area contributed by atoms with Crippen LogP contribution in [0.4, 0.5) is 0 Å². The van der Waals surface area contributed by atoms with Crippen molar-refractivity contribution in [2.45, 2.75) is 31.8 Å². The summed E-state index contributed by atoms with van der Waals surface area (Å²) in [7, 11) is 0. The van der Waals surface area contributed by atoms with E-state index in [1.165, 1.54) is 11.1 Å². The molecule has 2 fully saturated rings. The number of nitrogens with zero attached hydrogens (tertiary/aromatic N) is 2. The van der Waals surface area contributed by atoms with E-state index in [2.05, 4.69) is 59.5 Å². The van der Waals surface area contributed by atoms with Gasteiger partial charge in [0.25, 0.3) is 0 Å². The Hall–Kier alpha value is -2.21. The molecular formula is C25H33N3O2. The molecule has 0 spiro atoms. The van der Waals surface area contributed by atoms with E-state index in [9.17, 15) is 4.79 Å². The number of hydrogen-bond acceptors (Lipinski definition) is 4. The molecular weight excluding hydrogens is 374 g/mol. The van der Waals surface area contributed by atoms with Gasteiger partial charge < -0.3 is 15.4 Å². The van der Waals surface area contributed by atoms with Gasteiger partial charge in [-0.1, -0.05) is 60.7 Å². The average Bonchev–Trinajstić information content (AvgIpc) is 2.81. The van der Waals surface area contributed by atoms with Crippen LogP contribution in [0.15, 0.2) is 60.7 Å². The van der Waals surface area contributed by atoms with Crippen LogP contribution in [0.25, 0.3) is 0 Å². The van der Waals surface area contributed by atoms with E-state index in [0.717, 1.165) is 38.9 Å². The summed E-state index contributed by atoms with van der Waals surface area (Å²) in [6, 6.07) is 20.6. The number of amides is 1. The molecule has 0 radical (unpaired) electrons. The van der Waals surface area contributed by atoms with Gasteiger partial charge >= 0.3 is 0 Å². The summed E-state index contributed by atoms with van der Waals surface area (Å²) >= 11 is 0. The van der Waals surface area contributed by atoms with Crippen LogP contribution in [0.3, 0.4) is 0 Å². The van der Waals surface area contributed by atoms with Crippen molar-refractivity contribution < 1.29 is 9.53 Å². The second-order valence-electron chi connectivity index (χ2n) is 8.70. The van der Waals surface area contributed by atoms with E-state index in [0.29, 0.717) is 26.3 Å². The first kappa shape index (κ1) is 21.0. The maximum Gasteiger partial charge on any atom is 0.240 e. The molecule has 0 bridgehead atoms. The molecule has 2 aromatic rings. The van der Waals surface area contributed by atoms with E-state index in [4.69, 9.17) is 10.5 Å². The minimum atomic E-state index is -0.477. The van der Waals surface area contributed by atoms with E-state index in [-0.39, 0.29) is 11.3 Å². The molecule has 1 amide bonds. The molecule has 2 aliphatic rings. The monoisotopic (exact) mass is 407 g/mol. The molecule has 30 heavy (non-hydrogen) atoms. The van der Waals surface area contributed by atoms with Gasteiger partial charge in [0.15, 0.2) is 0 Å². The lowest BCUT2D eigenvalue weighted by Crippen LogP contribution is -2.59. The standard InChI is InChI=1S/C25H33N3O2/c26-23(24(29)28-15-17-30-18-16-28)25(19-21-7-3-1-4-8-21)11-13-27(14-12-25)20-22-9-5-2-6-10-22/h1-10,23H,11-20,26H2. The van der Waals surface area contributed by atoms with Gasteiger partial charge in [0, 0.05) is 25.0 Å². The van der Waals surface area contributed by atoms with E-state index < -0.39 is 6.04 Å². The number of carbonyl (C=O) groups excluding carboxylic acids is 1. The second-order valence-corrected chi connectivity index (χ2v) is 8.70. The van der Waals surface area contributed by atoms with Crippen LogP contribution in [0, 0.1) is 5.41 Å². The Morgan fingerprint density at radius 3 is 2.07 bits per heavy atom. The summed E-state index contributed by atoms with van der Waals surface area (Å²) in [5, 5.41) is 0. The fraction of sp³-hybridized carbons (Fsp3) is 0.480. The molecule has 0 aromatic heterocycles. The summed E-state index contributed by atoms with van der Waals surface area (Å²) in [6.45, 7) is 5.39. The lowest BCUT2D eigenvalue weighted by atomic mass is 9.68. The largest absolute Gasteiger partial charge is 0.378 e. The first-order chi connectivity index (χ1) is 14.7. The number of ether oxygens (including phenoxy) is 1. The number of piperidine rings is 1. The number of likely N-dealkylation sites (tertiary alicyclic amines) is 1. The van der Waals surface area contributed by atoms with Crippen molar-refractivity contribution in [1.82, 2.24) is 9.80 Å². The van der Waals surface area contributed by atoms with E-state index >= 15 is 0 Å². The predicted octanol–water partition coefficient (Wildman–Crippen LogP) is 2.70. The minimum absolute atomic E-state index is 0.0886. The molecule has 4 rings (SSSR count). The fourth-order valence-corrected chi connectivity index (χ4v) is 4.84. The summed E-state index contributed by atoms with van der Waals surface area (Å²) in [5.74, 6) is 0.0886. The zero-order valence-corrected chi connectivity index (χ0v) is 17.7. The lowest BCUT2D eigenvalue weighted by molar-refractivity contribution is -0.141. The van der Waals surface area contributed by atoms with Gasteiger partial charge in [-0.05, 0) is 43.5 Å². The molecule has 5 nitrogen and oxygen atoms in total. The summed E-state index contributed by atoms with van der Waals surface area (Å²) in [6.07, 6.45) is 2.72. The highest BCUT2D eigenvalue weighted by Gasteiger charge is 2.44. The highest BCUT2D eigenvalue weighted by molar-refractivity contribution is 5.82. The Morgan fingerprint density at radius 1 is 0.900 bits per heavy atom. The second kappa shape index (κ2) is 9.73. The summed E-state index contributed by atoms with van der Waals surface area (Å²) in [4.78, 5) is 17.7. The molecule has 1 unspecified atom stereocenters. The Balaban J connectivity index is 1.49. The summed E-state index contributed by atoms with van der Waals surface area (Å²) < 4.78 is 5.43. The Labute approximate surface area is 179 Å². The van der Waals surface area contributed by atoms with Crippen LogP contribution in [0.1, 0.15) is 24.0 Å². The van der Waals surface area contributed by atoms with E-state index in [1.54, 1.807) is 0 Å². The molecule has 2 saturated heterocycles. The third-order valence-corrected chi connectivity index (χ3v) is 6.75. The maximum absolute atomic E-state index is 13.3. The van der Waals surface area contributed by atoms with Crippen molar-refractivity contribution >= 4 is 5.91 Å². The van der Waals surface area contributed by atoms with Crippen molar-refractivity contribution in [3.05, 3.63) is 71.8 Å². The SMILES string of the molecule is NC(C(=O)N1CCOCC1)C1(Cc2ccccc2)CCN(Cc2ccccc2)CC1. The molecule has 2 heterocycles. The number of hydrogen-bond donors (Lipinski definition) is 1. The third kappa shape index (κ3) is 4.91. The minimum Gasteiger partial charge on any atom is -0.378 e. The smallest absolute Gasteiger partial charge is 0.240 e. The lowest BCUT2D eigenvalue weighted by Gasteiger charge is -2.46. The van der Waals surface area contributed by atoms with E-state index in [1.807, 2.05) is 11.0 Å². The predicted molar refractivity (Wildman–Crippen MR) is 119 cm³/mol. The molecule has 0 aliphatic carbocycles. The van der Waals surface area contributed by atoms with Gasteiger partial charge in [-0.15, -0.1) is 0 Å². The van der Waals surface area contributed by atoms with Crippen LogP contribution >= 0.6 is 0 Å². The Kier molecular flexibility index (Phi) is 6.82. The highest BCUT2D eigenvalue weighted by atomic mass is 16.5. The van der Waals surface area contributed by atoms with Crippen LogP contribution in [-0.2, 0) is 22.5 Å². The van der Waals surface area contributed by atoms with Crippen molar-refractivity contribution in [3.63, 3.8) is 0 Å². The van der Waals surface area contributed by atoms with Crippen LogP contribution < -0.4 is 5.73 Å². The van der Waals surface area contributed by atoms with Crippen molar-refractivity contribution in [3.8, 4) is 0 Å². The number of nitrogens with two attached hydrogens (primary N) is 1. The molecule has 0 saturated carbocycles. The number of rotatable bonds is 6. The zero-order valence-electron chi connectivity index (χ0n) is 17.7. The zero-order chi connectivity index (χ0) is 20.8. The molecule has 160 valence electrons. The average molecular weight is 408 g/mol. The van der Waals surface area contributed by atoms with Crippen LogP contribution in [0.2, 0.25) is 0 Å². The quantitative estimate of drug-likeness (QED) is 0.800. The molecule has 2 N–H and O–H groups in total. The Bertz CT molecular complexity index is 798. The van der Waals surface area contributed by atoms with Gasteiger partial charge in [-0.2, -0.15) is 0 Å². The van der Waals surface area contributed by atoms with Crippen molar-refractivity contribution in [1.29, 1.82) is 0 Å². The van der Waals surface area contributed by atoms with Gasteiger partial charge in [0.1, 0.15) is 0 Å². The Morgan fingerprint density at radius 2 is 1.47 bits per heavy atom. The normalized spacial score (nSPS) is 20.6. The maximum atomic E-state index is 13.3. The number of carbonyl (C=O) groups is 1. The number of morpholine rings is 1. The first-order valence-corrected chi connectivity index (χ1v) is 11.1. The van der Waals surface area contributed by atoms with Crippen molar-refractivity contribution in [2.75, 3.05) is 39.4 Å². The molecule has 1 atom stereocenters.